The Morgan fingerprint density at radius 3 is 2.59 bits per heavy atom. The first-order chi connectivity index (χ1) is 15.2. The van der Waals surface area contributed by atoms with Gasteiger partial charge in [0.2, 0.25) is 5.91 Å². The number of aromatic hydroxyl groups is 1. The molecule has 1 amide bonds. The molecular weight excluding hydrogens is 398 g/mol. The van der Waals surface area contributed by atoms with E-state index in [-0.39, 0.29) is 23.0 Å². The van der Waals surface area contributed by atoms with Crippen LogP contribution in [0.3, 0.4) is 0 Å². The largest absolute Gasteiger partial charge is 0.508 e. The first kappa shape index (κ1) is 22.8. The van der Waals surface area contributed by atoms with E-state index in [4.69, 9.17) is 0 Å². The lowest BCUT2D eigenvalue weighted by Gasteiger charge is -2.43. The van der Waals surface area contributed by atoms with Crippen LogP contribution in [-0.2, 0) is 11.2 Å². The van der Waals surface area contributed by atoms with E-state index in [2.05, 4.69) is 27.4 Å². The third-order valence-corrected chi connectivity index (χ3v) is 7.90. The lowest BCUT2D eigenvalue weighted by atomic mass is 9.60. The number of hydrogen-bond acceptors (Lipinski definition) is 3. The highest BCUT2D eigenvalue weighted by Gasteiger charge is 2.50. The number of carbonyl (C=O) groups excluding carboxylic acids is 1. The fraction of sp³-hybridized carbons (Fsp3) is 0.536. The van der Waals surface area contributed by atoms with Crippen LogP contribution >= 0.6 is 0 Å². The van der Waals surface area contributed by atoms with E-state index in [1.54, 1.807) is 12.1 Å². The summed E-state index contributed by atoms with van der Waals surface area (Å²) in [4.78, 5) is 15.6. The number of phenols is 1. The predicted octanol–water partition coefficient (Wildman–Crippen LogP) is 5.52. The smallest absolute Gasteiger partial charge is 0.234 e. The van der Waals surface area contributed by atoms with Crippen LogP contribution in [0.15, 0.2) is 59.3 Å². The number of phenolic OH excluding ortho intramolecular Hbond substituents is 1. The number of fused-ring (bicyclic) bond motifs is 1. The lowest BCUT2D eigenvalue weighted by Crippen LogP contribution is -2.37. The number of amides is 1. The molecule has 4 nitrogen and oxygen atoms in total. The molecule has 1 aromatic rings. The number of carbonyl (C=O) groups is 1. The summed E-state index contributed by atoms with van der Waals surface area (Å²) in [5.41, 5.74) is 5.80. The maximum atomic E-state index is 13.6. The van der Waals surface area contributed by atoms with Crippen molar-refractivity contribution >= 4 is 5.91 Å². The average Bonchev–Trinajstić information content (AvgIpc) is 2.98. The summed E-state index contributed by atoms with van der Waals surface area (Å²) < 4.78 is 0. The Balaban J connectivity index is 1.70. The van der Waals surface area contributed by atoms with E-state index in [0.29, 0.717) is 25.3 Å². The van der Waals surface area contributed by atoms with Crippen LogP contribution in [0.5, 0.6) is 5.75 Å². The molecule has 1 fully saturated rings. The number of rotatable bonds is 3. The average molecular weight is 436 g/mol. The van der Waals surface area contributed by atoms with E-state index in [9.17, 15) is 15.0 Å². The molecule has 0 unspecified atom stereocenters. The number of hydrogen-bond donors (Lipinski definition) is 2. The fourth-order valence-corrected chi connectivity index (χ4v) is 6.16. The van der Waals surface area contributed by atoms with Gasteiger partial charge in [0.05, 0.1) is 12.0 Å². The molecular formula is C28H37NO3. The molecule has 0 radical (unpaired) electrons. The molecule has 3 aliphatic rings. The molecule has 32 heavy (non-hydrogen) atoms. The summed E-state index contributed by atoms with van der Waals surface area (Å²) in [6.07, 6.45) is 7.49. The topological polar surface area (TPSA) is 60.8 Å². The second kappa shape index (κ2) is 8.90. The van der Waals surface area contributed by atoms with Gasteiger partial charge in [-0.3, -0.25) is 4.79 Å². The first-order valence-corrected chi connectivity index (χ1v) is 12.0. The third kappa shape index (κ3) is 4.43. The molecule has 1 heterocycles. The normalized spacial score (nSPS) is 29.9. The van der Waals surface area contributed by atoms with Crippen molar-refractivity contribution in [3.05, 3.63) is 64.9 Å². The fourth-order valence-electron chi connectivity index (χ4n) is 6.16. The molecule has 0 saturated heterocycles. The zero-order valence-corrected chi connectivity index (χ0v) is 19.7. The number of benzene rings is 1. The van der Waals surface area contributed by atoms with E-state index in [0.717, 1.165) is 54.5 Å². The van der Waals surface area contributed by atoms with E-state index < -0.39 is 6.10 Å². The minimum absolute atomic E-state index is 0.0140. The maximum Gasteiger partial charge on any atom is 0.234 e. The number of nitrogens with zero attached hydrogens (tertiary/aromatic N) is 1. The minimum atomic E-state index is -0.515. The predicted molar refractivity (Wildman–Crippen MR) is 128 cm³/mol. The molecule has 2 aliphatic carbocycles. The Kier molecular flexibility index (Phi) is 6.35. The molecule has 172 valence electrons. The van der Waals surface area contributed by atoms with Crippen molar-refractivity contribution < 1.29 is 15.0 Å². The molecule has 3 atom stereocenters. The molecule has 2 bridgehead atoms. The van der Waals surface area contributed by atoms with Gasteiger partial charge in [0, 0.05) is 18.7 Å². The van der Waals surface area contributed by atoms with Crippen LogP contribution in [0.4, 0.5) is 0 Å². The Bertz CT molecular complexity index is 953. The van der Waals surface area contributed by atoms with Crippen LogP contribution < -0.4 is 0 Å². The first-order valence-electron chi connectivity index (χ1n) is 12.0. The van der Waals surface area contributed by atoms with Gasteiger partial charge >= 0.3 is 0 Å². The van der Waals surface area contributed by atoms with Crippen LogP contribution in [0, 0.1) is 17.3 Å². The number of aliphatic hydroxyl groups excluding tert-OH is 1. The molecule has 2 N–H and O–H groups in total. The highest BCUT2D eigenvalue weighted by molar-refractivity contribution is 5.88. The van der Waals surface area contributed by atoms with Gasteiger partial charge in [-0.15, -0.1) is 0 Å². The van der Waals surface area contributed by atoms with Gasteiger partial charge in [-0.05, 0) is 80.1 Å². The van der Waals surface area contributed by atoms with Gasteiger partial charge in [0.25, 0.3) is 0 Å². The van der Waals surface area contributed by atoms with Gasteiger partial charge in [0.15, 0.2) is 0 Å². The van der Waals surface area contributed by atoms with Crippen LogP contribution in [0.1, 0.15) is 64.9 Å². The molecule has 1 aromatic carbocycles. The summed E-state index contributed by atoms with van der Waals surface area (Å²) in [5, 5.41) is 20.1. The highest BCUT2D eigenvalue weighted by atomic mass is 16.3. The monoisotopic (exact) mass is 435 g/mol. The SMILES string of the molecule is C=C1CC[C@H]2CC[C@@H]3C(=O)N(CCc4ccc(O)cc4)C(=C3C2(C)C)C/C(C)=C/[C@@H](O)C1. The van der Waals surface area contributed by atoms with Crippen LogP contribution in [-0.4, -0.2) is 33.7 Å². The van der Waals surface area contributed by atoms with E-state index in [1.807, 2.05) is 23.1 Å². The van der Waals surface area contributed by atoms with Gasteiger partial charge in [0.1, 0.15) is 5.75 Å². The Labute approximate surface area is 192 Å². The van der Waals surface area contributed by atoms with Crippen LogP contribution in [0.2, 0.25) is 0 Å². The Morgan fingerprint density at radius 1 is 1.16 bits per heavy atom. The molecule has 1 aliphatic heterocycles. The number of aliphatic hydroxyl groups is 1. The van der Waals surface area contributed by atoms with Crippen molar-refractivity contribution in [1.82, 2.24) is 4.90 Å². The van der Waals surface area contributed by atoms with Crippen molar-refractivity contribution in [2.45, 2.75) is 71.8 Å². The summed E-state index contributed by atoms with van der Waals surface area (Å²) in [6, 6.07) is 7.26. The zero-order chi connectivity index (χ0) is 23.0. The van der Waals surface area contributed by atoms with Crippen molar-refractivity contribution in [1.29, 1.82) is 0 Å². The van der Waals surface area contributed by atoms with Crippen molar-refractivity contribution in [2.75, 3.05) is 6.54 Å². The van der Waals surface area contributed by atoms with Crippen molar-refractivity contribution in [3.8, 4) is 5.75 Å². The minimum Gasteiger partial charge on any atom is -0.508 e. The second-order valence-electron chi connectivity index (χ2n) is 10.6. The molecule has 0 spiro atoms. The van der Waals surface area contributed by atoms with Crippen molar-refractivity contribution in [2.24, 2.45) is 17.3 Å². The Hall–Kier alpha value is -2.33. The molecule has 0 aromatic heterocycles. The van der Waals surface area contributed by atoms with Gasteiger partial charge in [-0.25, -0.2) is 0 Å². The quantitative estimate of drug-likeness (QED) is 0.615. The molecule has 1 saturated carbocycles. The lowest BCUT2D eigenvalue weighted by molar-refractivity contribution is -0.131. The standard InChI is InChI=1S/C28H37NO3/c1-18-5-8-21-9-12-24-26(28(21,3)4)25(17-19(2)16-23(31)15-18)29(27(24)32)14-13-20-6-10-22(30)11-7-20/h6-7,10-11,16,21,23-24,30-31H,1,5,8-9,12-15,17H2,2-4H3/b19-16+/t21-,23-,24-/m0/s1. The summed E-state index contributed by atoms with van der Waals surface area (Å²) in [7, 11) is 0. The van der Waals surface area contributed by atoms with Gasteiger partial charge in [-0.2, -0.15) is 0 Å². The van der Waals surface area contributed by atoms with Gasteiger partial charge < -0.3 is 15.1 Å². The van der Waals surface area contributed by atoms with Gasteiger partial charge in [-0.1, -0.05) is 49.8 Å². The summed E-state index contributed by atoms with van der Waals surface area (Å²) in [5.74, 6) is 1.01. The van der Waals surface area contributed by atoms with E-state index >= 15 is 0 Å². The molecule has 4 rings (SSSR count). The summed E-state index contributed by atoms with van der Waals surface area (Å²) >= 11 is 0. The maximum absolute atomic E-state index is 13.6. The second-order valence-corrected chi connectivity index (χ2v) is 10.6. The van der Waals surface area contributed by atoms with Crippen molar-refractivity contribution in [3.63, 3.8) is 0 Å². The Morgan fingerprint density at radius 2 is 1.88 bits per heavy atom. The third-order valence-electron chi connectivity index (χ3n) is 7.90. The molecule has 4 heteroatoms. The zero-order valence-electron chi connectivity index (χ0n) is 19.7. The van der Waals surface area contributed by atoms with Crippen LogP contribution in [0.25, 0.3) is 0 Å². The number of allylic oxidation sites excluding steroid dienone is 1. The highest BCUT2D eigenvalue weighted by Crippen LogP contribution is 2.55. The van der Waals surface area contributed by atoms with E-state index in [1.165, 1.54) is 5.57 Å². The summed E-state index contributed by atoms with van der Waals surface area (Å²) in [6.45, 7) is 11.6.